The minimum atomic E-state index is 0.0615. The van der Waals surface area contributed by atoms with Crippen molar-refractivity contribution in [3.8, 4) is 0 Å². The van der Waals surface area contributed by atoms with Gasteiger partial charge in [0, 0.05) is 18.0 Å². The summed E-state index contributed by atoms with van der Waals surface area (Å²) in [5.41, 5.74) is 0.0615. The molecule has 3 heteroatoms. The highest BCUT2D eigenvalue weighted by atomic mass is 16.2. The van der Waals surface area contributed by atoms with Crippen molar-refractivity contribution in [2.75, 3.05) is 13.1 Å². The highest BCUT2D eigenvalue weighted by Crippen LogP contribution is 2.34. The van der Waals surface area contributed by atoms with Crippen LogP contribution < -0.4 is 5.32 Å². The normalized spacial score (nSPS) is 23.8. The Bertz CT molecular complexity index is 311. The van der Waals surface area contributed by atoms with Gasteiger partial charge >= 0.3 is 0 Å². The number of amides is 1. The van der Waals surface area contributed by atoms with E-state index in [9.17, 15) is 4.79 Å². The molecule has 1 heterocycles. The van der Waals surface area contributed by atoms with Gasteiger partial charge < -0.3 is 10.2 Å². The van der Waals surface area contributed by atoms with Gasteiger partial charge in [-0.2, -0.15) is 0 Å². The van der Waals surface area contributed by atoms with Crippen LogP contribution >= 0.6 is 0 Å². The van der Waals surface area contributed by atoms with Crippen molar-refractivity contribution in [1.82, 2.24) is 10.2 Å². The monoisotopic (exact) mass is 266 g/mol. The lowest BCUT2D eigenvalue weighted by atomic mass is 9.79. The maximum Gasteiger partial charge on any atom is 0.226 e. The van der Waals surface area contributed by atoms with Crippen LogP contribution in [0.25, 0.3) is 0 Å². The molecule has 1 atom stereocenters. The molecule has 0 aromatic carbocycles. The molecule has 1 aliphatic carbocycles. The molecule has 1 saturated heterocycles. The van der Waals surface area contributed by atoms with Crippen LogP contribution in [0.2, 0.25) is 0 Å². The van der Waals surface area contributed by atoms with Crippen LogP contribution in [0.3, 0.4) is 0 Å². The number of carbonyl (C=O) groups excluding carboxylic acids is 1. The first-order chi connectivity index (χ1) is 8.91. The minimum Gasteiger partial charge on any atom is -0.336 e. The number of hydrogen-bond acceptors (Lipinski definition) is 2. The highest BCUT2D eigenvalue weighted by Gasteiger charge is 2.39. The molecule has 0 aromatic heterocycles. The predicted molar refractivity (Wildman–Crippen MR) is 79.0 cm³/mol. The largest absolute Gasteiger partial charge is 0.336 e. The average Bonchev–Trinajstić information content (AvgIpc) is 2.31. The maximum absolute atomic E-state index is 12.9. The van der Waals surface area contributed by atoms with E-state index in [1.807, 2.05) is 0 Å². The first kappa shape index (κ1) is 14.8. The van der Waals surface area contributed by atoms with Crippen molar-refractivity contribution < 1.29 is 4.79 Å². The Hall–Kier alpha value is -0.570. The number of piperidine rings is 1. The molecule has 0 radical (unpaired) electrons. The van der Waals surface area contributed by atoms with E-state index in [0.717, 1.165) is 25.9 Å². The van der Waals surface area contributed by atoms with Crippen molar-refractivity contribution in [2.24, 2.45) is 11.3 Å². The van der Waals surface area contributed by atoms with Crippen LogP contribution in [0.1, 0.15) is 59.8 Å². The number of nitrogens with one attached hydrogen (secondary N) is 1. The van der Waals surface area contributed by atoms with Gasteiger partial charge in [-0.1, -0.05) is 27.7 Å². The number of hydrogen-bond donors (Lipinski definition) is 1. The molecule has 110 valence electrons. The molecule has 1 saturated carbocycles. The third kappa shape index (κ3) is 3.31. The second-order valence-electron chi connectivity index (χ2n) is 7.40. The van der Waals surface area contributed by atoms with E-state index in [0.29, 0.717) is 18.0 Å². The van der Waals surface area contributed by atoms with E-state index in [-0.39, 0.29) is 11.3 Å². The van der Waals surface area contributed by atoms with Crippen LogP contribution in [0.5, 0.6) is 0 Å². The molecule has 1 N–H and O–H groups in total. The molecule has 1 unspecified atom stereocenters. The Morgan fingerprint density at radius 3 is 2.05 bits per heavy atom. The Kier molecular flexibility index (Phi) is 4.54. The third-order valence-electron chi connectivity index (χ3n) is 5.09. The first-order valence-corrected chi connectivity index (χ1v) is 7.94. The number of carbonyl (C=O) groups is 1. The van der Waals surface area contributed by atoms with Gasteiger partial charge in [0.15, 0.2) is 0 Å². The summed E-state index contributed by atoms with van der Waals surface area (Å²) < 4.78 is 0. The van der Waals surface area contributed by atoms with Crippen molar-refractivity contribution in [3.63, 3.8) is 0 Å². The first-order valence-electron chi connectivity index (χ1n) is 7.94. The summed E-state index contributed by atoms with van der Waals surface area (Å²) in [5, 5.41) is 3.40. The lowest BCUT2D eigenvalue weighted by Gasteiger charge is -2.46. The van der Waals surface area contributed by atoms with Gasteiger partial charge in [-0.25, -0.2) is 0 Å². The molecule has 1 aliphatic heterocycles. The minimum absolute atomic E-state index is 0.0615. The van der Waals surface area contributed by atoms with Gasteiger partial charge in [0.05, 0.1) is 0 Å². The molecule has 0 aromatic rings. The summed E-state index contributed by atoms with van der Waals surface area (Å²) in [5.74, 6) is 0.507. The second-order valence-corrected chi connectivity index (χ2v) is 7.40. The molecule has 2 aliphatic rings. The average molecular weight is 266 g/mol. The van der Waals surface area contributed by atoms with Gasteiger partial charge in [-0.05, 0) is 50.6 Å². The fraction of sp³-hybridized carbons (Fsp3) is 0.938. The van der Waals surface area contributed by atoms with E-state index >= 15 is 0 Å². The fourth-order valence-corrected chi connectivity index (χ4v) is 3.00. The Balaban J connectivity index is 2.10. The van der Waals surface area contributed by atoms with Crippen molar-refractivity contribution in [1.29, 1.82) is 0 Å². The second kappa shape index (κ2) is 5.82. The van der Waals surface area contributed by atoms with Gasteiger partial charge in [0.25, 0.3) is 0 Å². The molecule has 1 amide bonds. The molecular weight excluding hydrogens is 236 g/mol. The van der Waals surface area contributed by atoms with Crippen molar-refractivity contribution >= 4 is 5.91 Å². The number of nitrogens with zero attached hydrogens (tertiary/aromatic N) is 1. The van der Waals surface area contributed by atoms with E-state index in [1.54, 1.807) is 0 Å². The smallest absolute Gasteiger partial charge is 0.226 e. The zero-order chi connectivity index (χ0) is 14.0. The van der Waals surface area contributed by atoms with Gasteiger partial charge in [0.2, 0.25) is 5.91 Å². The van der Waals surface area contributed by atoms with E-state index in [2.05, 4.69) is 37.9 Å². The molecule has 2 rings (SSSR count). The zero-order valence-electron chi connectivity index (χ0n) is 13.0. The third-order valence-corrected chi connectivity index (χ3v) is 5.09. The summed E-state index contributed by atoms with van der Waals surface area (Å²) in [6.45, 7) is 10.8. The molecule has 2 fully saturated rings. The lowest BCUT2D eigenvalue weighted by Crippen LogP contribution is -2.55. The number of rotatable bonds is 3. The summed E-state index contributed by atoms with van der Waals surface area (Å²) in [6, 6.07) is 1.00. The molecule has 0 bridgehead atoms. The molecule has 3 nitrogen and oxygen atoms in total. The fourth-order valence-electron chi connectivity index (χ4n) is 3.00. The Morgan fingerprint density at radius 2 is 1.63 bits per heavy atom. The summed E-state index contributed by atoms with van der Waals surface area (Å²) >= 11 is 0. The summed E-state index contributed by atoms with van der Waals surface area (Å²) in [7, 11) is 0. The molecule has 0 spiro atoms. The van der Waals surface area contributed by atoms with Gasteiger partial charge in [0.1, 0.15) is 0 Å². The Morgan fingerprint density at radius 1 is 1.11 bits per heavy atom. The van der Waals surface area contributed by atoms with Crippen molar-refractivity contribution in [3.05, 3.63) is 0 Å². The van der Waals surface area contributed by atoms with Crippen LogP contribution in [0, 0.1) is 11.3 Å². The van der Waals surface area contributed by atoms with Gasteiger partial charge in [-0.3, -0.25) is 4.79 Å². The molecular formula is C16H30N2O. The molecule has 19 heavy (non-hydrogen) atoms. The van der Waals surface area contributed by atoms with Crippen LogP contribution in [-0.4, -0.2) is 36.0 Å². The van der Waals surface area contributed by atoms with E-state index in [4.69, 9.17) is 0 Å². The lowest BCUT2D eigenvalue weighted by molar-refractivity contribution is -0.146. The highest BCUT2D eigenvalue weighted by molar-refractivity contribution is 5.80. The van der Waals surface area contributed by atoms with E-state index in [1.165, 1.54) is 19.3 Å². The van der Waals surface area contributed by atoms with Crippen LogP contribution in [0.15, 0.2) is 0 Å². The maximum atomic E-state index is 12.9. The zero-order valence-corrected chi connectivity index (χ0v) is 13.0. The van der Waals surface area contributed by atoms with Crippen LogP contribution in [-0.2, 0) is 4.79 Å². The quantitative estimate of drug-likeness (QED) is 0.852. The summed E-state index contributed by atoms with van der Waals surface area (Å²) in [4.78, 5) is 15.2. The van der Waals surface area contributed by atoms with Crippen LogP contribution in [0.4, 0.5) is 0 Å². The summed E-state index contributed by atoms with van der Waals surface area (Å²) in [6.07, 6.45) is 5.97. The predicted octanol–water partition coefficient (Wildman–Crippen LogP) is 2.80. The SMILES string of the molecule is CC(C(=O)N(C1CCC1)C1CCNCC1)C(C)(C)C. The standard InChI is InChI=1S/C16H30N2O/c1-12(16(2,3)4)15(19)18(13-6-5-7-13)14-8-10-17-11-9-14/h12-14,17H,5-11H2,1-4H3. The van der Waals surface area contributed by atoms with E-state index < -0.39 is 0 Å². The van der Waals surface area contributed by atoms with Gasteiger partial charge in [-0.15, -0.1) is 0 Å². The Labute approximate surface area is 118 Å². The van der Waals surface area contributed by atoms with Crippen molar-refractivity contribution in [2.45, 2.75) is 71.9 Å². The topological polar surface area (TPSA) is 32.3 Å².